The summed E-state index contributed by atoms with van der Waals surface area (Å²) in [6.45, 7) is 6.49. The molecule has 0 radical (unpaired) electrons. The molecule has 3 rings (SSSR count). The van der Waals surface area contributed by atoms with Crippen molar-refractivity contribution in [3.05, 3.63) is 54.1 Å². The number of hydrogen-bond acceptors (Lipinski definition) is 4. The molecule has 0 amide bonds. The summed E-state index contributed by atoms with van der Waals surface area (Å²) in [4.78, 5) is 0. The zero-order chi connectivity index (χ0) is 18.2. The van der Waals surface area contributed by atoms with Crippen molar-refractivity contribution in [3.8, 4) is 11.5 Å². The summed E-state index contributed by atoms with van der Waals surface area (Å²) in [7, 11) is 0. The fraction of sp³-hybridized carbons (Fsp3) is 0.455. The fourth-order valence-corrected chi connectivity index (χ4v) is 2.84. The second-order valence-corrected chi connectivity index (χ2v) is 6.80. The average molecular weight is 355 g/mol. The van der Waals surface area contributed by atoms with Gasteiger partial charge in [0.2, 0.25) is 0 Å². The smallest absolute Gasteiger partial charge is 0.119 e. The van der Waals surface area contributed by atoms with Crippen LogP contribution in [0.1, 0.15) is 38.7 Å². The second kappa shape index (κ2) is 9.48. The van der Waals surface area contributed by atoms with Gasteiger partial charge in [0.05, 0.1) is 12.2 Å². The van der Waals surface area contributed by atoms with Crippen LogP contribution in [-0.2, 0) is 11.3 Å². The first-order chi connectivity index (χ1) is 12.7. The lowest BCUT2D eigenvalue weighted by Crippen LogP contribution is -2.16. The third-order valence-corrected chi connectivity index (χ3v) is 4.65. The van der Waals surface area contributed by atoms with E-state index in [1.165, 1.54) is 5.56 Å². The third-order valence-electron chi connectivity index (χ3n) is 4.65. The molecule has 4 heteroatoms. The Hall–Kier alpha value is -2.20. The van der Waals surface area contributed by atoms with E-state index in [0.717, 1.165) is 49.6 Å². The van der Waals surface area contributed by atoms with Crippen molar-refractivity contribution in [2.24, 2.45) is 0 Å². The van der Waals surface area contributed by atoms with E-state index in [0.29, 0.717) is 6.61 Å². The SMILES string of the molecule is CCC(C)Oc1ccc(CNc2ccc(OCC3CCCO3)cc2)cc1. The maximum absolute atomic E-state index is 5.81. The van der Waals surface area contributed by atoms with Crippen molar-refractivity contribution in [3.63, 3.8) is 0 Å². The molecule has 1 aliphatic heterocycles. The molecule has 1 saturated heterocycles. The van der Waals surface area contributed by atoms with E-state index in [2.05, 4.69) is 31.3 Å². The fourth-order valence-electron chi connectivity index (χ4n) is 2.84. The number of ether oxygens (including phenoxy) is 3. The van der Waals surface area contributed by atoms with Crippen LogP contribution in [0.2, 0.25) is 0 Å². The van der Waals surface area contributed by atoms with Crippen LogP contribution in [0.5, 0.6) is 11.5 Å². The van der Waals surface area contributed by atoms with E-state index < -0.39 is 0 Å². The van der Waals surface area contributed by atoms with Gasteiger partial charge in [0.25, 0.3) is 0 Å². The highest BCUT2D eigenvalue weighted by Gasteiger charge is 2.15. The largest absolute Gasteiger partial charge is 0.491 e. The number of benzene rings is 2. The van der Waals surface area contributed by atoms with Crippen molar-refractivity contribution < 1.29 is 14.2 Å². The molecule has 2 aromatic carbocycles. The molecule has 0 aliphatic carbocycles. The van der Waals surface area contributed by atoms with E-state index in [9.17, 15) is 0 Å². The van der Waals surface area contributed by atoms with Gasteiger partial charge < -0.3 is 19.5 Å². The molecule has 4 nitrogen and oxygen atoms in total. The van der Waals surface area contributed by atoms with E-state index in [1.807, 2.05) is 36.4 Å². The molecule has 1 N–H and O–H groups in total. The Kier molecular flexibility index (Phi) is 6.78. The molecule has 0 spiro atoms. The Labute approximate surface area is 156 Å². The van der Waals surface area contributed by atoms with E-state index in [1.54, 1.807) is 0 Å². The lowest BCUT2D eigenvalue weighted by molar-refractivity contribution is 0.0679. The van der Waals surface area contributed by atoms with Gasteiger partial charge in [-0.15, -0.1) is 0 Å². The number of anilines is 1. The molecular formula is C22H29NO3. The summed E-state index contributed by atoms with van der Waals surface area (Å²) in [6.07, 6.45) is 3.75. The zero-order valence-electron chi connectivity index (χ0n) is 15.7. The zero-order valence-corrected chi connectivity index (χ0v) is 15.7. The third kappa shape index (κ3) is 5.67. The highest BCUT2D eigenvalue weighted by molar-refractivity contribution is 5.47. The van der Waals surface area contributed by atoms with Crippen molar-refractivity contribution >= 4 is 5.69 Å². The van der Waals surface area contributed by atoms with Crippen LogP contribution < -0.4 is 14.8 Å². The lowest BCUT2D eigenvalue weighted by atomic mass is 10.2. The van der Waals surface area contributed by atoms with Gasteiger partial charge in [0.1, 0.15) is 18.1 Å². The number of hydrogen-bond donors (Lipinski definition) is 1. The van der Waals surface area contributed by atoms with E-state index >= 15 is 0 Å². The average Bonchev–Trinajstić information content (AvgIpc) is 3.20. The number of nitrogens with one attached hydrogen (secondary N) is 1. The molecule has 2 aromatic rings. The predicted molar refractivity (Wildman–Crippen MR) is 105 cm³/mol. The topological polar surface area (TPSA) is 39.7 Å². The van der Waals surface area contributed by atoms with Crippen molar-refractivity contribution in [1.29, 1.82) is 0 Å². The molecule has 2 unspecified atom stereocenters. The molecule has 2 atom stereocenters. The van der Waals surface area contributed by atoms with Crippen LogP contribution >= 0.6 is 0 Å². The summed E-state index contributed by atoms with van der Waals surface area (Å²) >= 11 is 0. The van der Waals surface area contributed by atoms with Gasteiger partial charge in [-0.2, -0.15) is 0 Å². The Balaban J connectivity index is 1.43. The van der Waals surface area contributed by atoms with Crippen LogP contribution in [0.15, 0.2) is 48.5 Å². The molecule has 0 bridgehead atoms. The minimum Gasteiger partial charge on any atom is -0.491 e. The van der Waals surface area contributed by atoms with Gasteiger partial charge in [-0.1, -0.05) is 19.1 Å². The van der Waals surface area contributed by atoms with Crippen LogP contribution in [-0.4, -0.2) is 25.4 Å². The van der Waals surface area contributed by atoms with Crippen LogP contribution in [0.4, 0.5) is 5.69 Å². The molecule has 0 aromatic heterocycles. The standard InChI is InChI=1S/C22H29NO3/c1-3-17(2)26-21-10-6-18(7-11-21)15-23-19-8-12-20(13-9-19)25-16-22-5-4-14-24-22/h6-13,17,22-23H,3-5,14-16H2,1-2H3. The molecule has 0 saturated carbocycles. The molecule has 1 fully saturated rings. The normalized spacial score (nSPS) is 17.7. The first-order valence-electron chi connectivity index (χ1n) is 9.57. The molecule has 26 heavy (non-hydrogen) atoms. The Morgan fingerprint density at radius 2 is 1.81 bits per heavy atom. The van der Waals surface area contributed by atoms with Crippen LogP contribution in [0.3, 0.4) is 0 Å². The van der Waals surface area contributed by atoms with Crippen molar-refractivity contribution in [1.82, 2.24) is 0 Å². The Morgan fingerprint density at radius 1 is 1.08 bits per heavy atom. The number of rotatable bonds is 9. The van der Waals surface area contributed by atoms with Crippen LogP contribution in [0, 0.1) is 0 Å². The van der Waals surface area contributed by atoms with Gasteiger partial charge >= 0.3 is 0 Å². The molecular weight excluding hydrogens is 326 g/mol. The molecule has 1 aliphatic rings. The summed E-state index contributed by atoms with van der Waals surface area (Å²) in [5, 5.41) is 3.44. The second-order valence-electron chi connectivity index (χ2n) is 6.80. The van der Waals surface area contributed by atoms with Crippen molar-refractivity contribution in [2.75, 3.05) is 18.5 Å². The molecule has 1 heterocycles. The van der Waals surface area contributed by atoms with E-state index in [4.69, 9.17) is 14.2 Å². The van der Waals surface area contributed by atoms with Gasteiger partial charge in [0.15, 0.2) is 0 Å². The maximum Gasteiger partial charge on any atom is 0.119 e. The highest BCUT2D eigenvalue weighted by atomic mass is 16.5. The van der Waals surface area contributed by atoms with E-state index in [-0.39, 0.29) is 12.2 Å². The highest BCUT2D eigenvalue weighted by Crippen LogP contribution is 2.20. The first-order valence-corrected chi connectivity index (χ1v) is 9.57. The lowest BCUT2D eigenvalue weighted by Gasteiger charge is -2.13. The summed E-state index contributed by atoms with van der Waals surface area (Å²) in [6, 6.07) is 16.4. The Bertz CT molecular complexity index is 648. The summed E-state index contributed by atoms with van der Waals surface area (Å²) < 4.78 is 17.2. The quantitative estimate of drug-likeness (QED) is 0.684. The van der Waals surface area contributed by atoms with Gasteiger partial charge in [-0.25, -0.2) is 0 Å². The summed E-state index contributed by atoms with van der Waals surface area (Å²) in [5.74, 6) is 1.81. The monoisotopic (exact) mass is 355 g/mol. The molecule has 140 valence electrons. The van der Waals surface area contributed by atoms with Gasteiger partial charge in [-0.05, 0) is 68.1 Å². The predicted octanol–water partition coefficient (Wildman–Crippen LogP) is 5.03. The Morgan fingerprint density at radius 3 is 2.46 bits per heavy atom. The first kappa shape index (κ1) is 18.6. The minimum atomic E-state index is 0.250. The minimum absolute atomic E-state index is 0.250. The van der Waals surface area contributed by atoms with Gasteiger partial charge in [-0.3, -0.25) is 0 Å². The van der Waals surface area contributed by atoms with Crippen LogP contribution in [0.25, 0.3) is 0 Å². The summed E-state index contributed by atoms with van der Waals surface area (Å²) in [5.41, 5.74) is 2.30. The van der Waals surface area contributed by atoms with Crippen molar-refractivity contribution in [2.45, 2.75) is 51.9 Å². The van der Waals surface area contributed by atoms with Gasteiger partial charge in [0, 0.05) is 18.8 Å². The maximum atomic E-state index is 5.81.